The fraction of sp³-hybridized carbons (Fsp3) is 0.182. The quantitative estimate of drug-likeness (QED) is 0.706. The summed E-state index contributed by atoms with van der Waals surface area (Å²) in [6.45, 7) is 2.03. The van der Waals surface area contributed by atoms with Crippen LogP contribution in [0.3, 0.4) is 0 Å². The maximum atomic E-state index is 10.7. The van der Waals surface area contributed by atoms with Gasteiger partial charge in [0.15, 0.2) is 6.29 Å². The van der Waals surface area contributed by atoms with Crippen LogP contribution >= 0.6 is 11.3 Å². The van der Waals surface area contributed by atoms with E-state index in [2.05, 4.69) is 0 Å². The minimum Gasteiger partial charge on any atom is -0.496 e. The molecule has 0 spiro atoms. The van der Waals surface area contributed by atoms with Crippen molar-refractivity contribution in [2.24, 2.45) is 0 Å². The first kappa shape index (κ1) is 9.21. The van der Waals surface area contributed by atoms with E-state index in [-0.39, 0.29) is 0 Å². The van der Waals surface area contributed by atoms with Crippen LogP contribution in [0.25, 0.3) is 10.1 Å². The maximum Gasteiger partial charge on any atom is 0.160 e. The van der Waals surface area contributed by atoms with Crippen LogP contribution in [0.2, 0.25) is 0 Å². The topological polar surface area (TPSA) is 26.3 Å². The molecule has 0 aliphatic heterocycles. The highest BCUT2D eigenvalue weighted by Crippen LogP contribution is 2.34. The van der Waals surface area contributed by atoms with Crippen LogP contribution < -0.4 is 4.74 Å². The molecule has 0 bridgehead atoms. The second kappa shape index (κ2) is 3.42. The van der Waals surface area contributed by atoms with E-state index >= 15 is 0 Å². The summed E-state index contributed by atoms with van der Waals surface area (Å²) in [5.41, 5.74) is 1.18. The van der Waals surface area contributed by atoms with E-state index in [4.69, 9.17) is 4.74 Å². The molecule has 0 radical (unpaired) electrons. The molecular formula is C11H10O2S. The lowest BCUT2D eigenvalue weighted by molar-refractivity contribution is 0.112. The largest absolute Gasteiger partial charge is 0.496 e. The number of aryl methyl sites for hydroxylation is 1. The molecule has 1 heterocycles. The van der Waals surface area contributed by atoms with Crippen molar-refractivity contribution in [1.29, 1.82) is 0 Å². The zero-order valence-electron chi connectivity index (χ0n) is 8.03. The van der Waals surface area contributed by atoms with Crippen molar-refractivity contribution >= 4 is 27.7 Å². The lowest BCUT2D eigenvalue weighted by Gasteiger charge is -2.02. The van der Waals surface area contributed by atoms with E-state index in [0.717, 1.165) is 27.0 Å². The predicted octanol–water partition coefficient (Wildman–Crippen LogP) is 3.03. The first-order chi connectivity index (χ1) is 6.76. The summed E-state index contributed by atoms with van der Waals surface area (Å²) in [5.74, 6) is 0.829. The number of fused-ring (bicyclic) bond motifs is 1. The zero-order valence-corrected chi connectivity index (χ0v) is 8.85. The number of thiophene rings is 1. The number of hydrogen-bond acceptors (Lipinski definition) is 3. The SMILES string of the molecule is COc1ccc(C)c2sc(C=O)cc12. The van der Waals surface area contributed by atoms with E-state index in [1.165, 1.54) is 16.9 Å². The molecular weight excluding hydrogens is 196 g/mol. The van der Waals surface area contributed by atoms with Gasteiger partial charge in [0.05, 0.1) is 12.0 Å². The number of ether oxygens (including phenoxy) is 1. The van der Waals surface area contributed by atoms with Gasteiger partial charge in [-0.2, -0.15) is 0 Å². The summed E-state index contributed by atoms with van der Waals surface area (Å²) in [6, 6.07) is 5.81. The molecule has 3 heteroatoms. The summed E-state index contributed by atoms with van der Waals surface area (Å²) < 4.78 is 6.36. The Balaban J connectivity index is 2.81. The summed E-state index contributed by atoms with van der Waals surface area (Å²) in [6.07, 6.45) is 0.879. The number of methoxy groups -OCH3 is 1. The average Bonchev–Trinajstić information content (AvgIpc) is 2.63. The Morgan fingerprint density at radius 1 is 1.43 bits per heavy atom. The van der Waals surface area contributed by atoms with Crippen LogP contribution in [0, 0.1) is 6.92 Å². The van der Waals surface area contributed by atoms with Crippen molar-refractivity contribution in [2.45, 2.75) is 6.92 Å². The molecule has 2 rings (SSSR count). The highest BCUT2D eigenvalue weighted by atomic mass is 32.1. The van der Waals surface area contributed by atoms with E-state index in [9.17, 15) is 4.79 Å². The molecule has 0 aliphatic rings. The smallest absolute Gasteiger partial charge is 0.160 e. The molecule has 0 fully saturated rings. The standard InChI is InChI=1S/C11H10O2S/c1-7-3-4-10(13-2)9-5-8(6-12)14-11(7)9/h3-6H,1-2H3. The Labute approximate surface area is 86.1 Å². The first-order valence-electron chi connectivity index (χ1n) is 4.28. The molecule has 0 unspecified atom stereocenters. The maximum absolute atomic E-state index is 10.7. The van der Waals surface area contributed by atoms with Crippen LogP contribution in [-0.4, -0.2) is 13.4 Å². The summed E-state index contributed by atoms with van der Waals surface area (Å²) in [7, 11) is 1.64. The third-order valence-corrected chi connectivity index (χ3v) is 3.39. The van der Waals surface area contributed by atoms with Gasteiger partial charge in [-0.1, -0.05) is 6.07 Å². The van der Waals surface area contributed by atoms with Crippen molar-refractivity contribution in [3.63, 3.8) is 0 Å². The Kier molecular flexibility index (Phi) is 2.25. The normalized spacial score (nSPS) is 10.4. The van der Waals surface area contributed by atoms with Crippen LogP contribution in [-0.2, 0) is 0 Å². The Bertz CT molecular complexity index is 485. The van der Waals surface area contributed by atoms with Crippen LogP contribution in [0.15, 0.2) is 18.2 Å². The number of rotatable bonds is 2. The minimum atomic E-state index is 0.743. The lowest BCUT2D eigenvalue weighted by atomic mass is 10.1. The summed E-state index contributed by atoms with van der Waals surface area (Å²) >= 11 is 1.51. The van der Waals surface area contributed by atoms with Gasteiger partial charge in [0.25, 0.3) is 0 Å². The van der Waals surface area contributed by atoms with Crippen molar-refractivity contribution in [3.8, 4) is 5.75 Å². The molecule has 0 saturated carbocycles. The van der Waals surface area contributed by atoms with E-state index in [0.29, 0.717) is 0 Å². The van der Waals surface area contributed by atoms with E-state index in [1.807, 2.05) is 25.1 Å². The number of benzene rings is 1. The lowest BCUT2D eigenvalue weighted by Crippen LogP contribution is -1.83. The van der Waals surface area contributed by atoms with Gasteiger partial charge < -0.3 is 4.74 Å². The molecule has 2 aromatic rings. The molecule has 0 N–H and O–H groups in total. The van der Waals surface area contributed by atoms with Gasteiger partial charge in [-0.15, -0.1) is 11.3 Å². The Hall–Kier alpha value is -1.35. The van der Waals surface area contributed by atoms with Crippen molar-refractivity contribution in [3.05, 3.63) is 28.6 Å². The molecule has 2 nitrogen and oxygen atoms in total. The van der Waals surface area contributed by atoms with Crippen LogP contribution in [0.4, 0.5) is 0 Å². The highest BCUT2D eigenvalue weighted by molar-refractivity contribution is 7.20. The predicted molar refractivity (Wildman–Crippen MR) is 58.5 cm³/mol. The average molecular weight is 206 g/mol. The van der Waals surface area contributed by atoms with Crippen molar-refractivity contribution < 1.29 is 9.53 Å². The molecule has 0 saturated heterocycles. The molecule has 1 aromatic heterocycles. The number of aldehydes is 1. The number of carbonyl (C=O) groups is 1. The molecule has 14 heavy (non-hydrogen) atoms. The second-order valence-electron chi connectivity index (χ2n) is 3.09. The number of hydrogen-bond donors (Lipinski definition) is 0. The Morgan fingerprint density at radius 3 is 2.86 bits per heavy atom. The molecule has 0 aliphatic carbocycles. The van der Waals surface area contributed by atoms with Crippen molar-refractivity contribution in [1.82, 2.24) is 0 Å². The van der Waals surface area contributed by atoms with Crippen LogP contribution in [0.1, 0.15) is 15.2 Å². The Morgan fingerprint density at radius 2 is 2.21 bits per heavy atom. The van der Waals surface area contributed by atoms with Gasteiger partial charge in [-0.3, -0.25) is 4.79 Å². The number of carbonyl (C=O) groups excluding carboxylic acids is 1. The van der Waals surface area contributed by atoms with Gasteiger partial charge in [-0.25, -0.2) is 0 Å². The van der Waals surface area contributed by atoms with Gasteiger partial charge in [-0.05, 0) is 24.6 Å². The van der Waals surface area contributed by atoms with E-state index in [1.54, 1.807) is 7.11 Å². The fourth-order valence-electron chi connectivity index (χ4n) is 1.49. The molecule has 0 amide bonds. The first-order valence-corrected chi connectivity index (χ1v) is 5.10. The zero-order chi connectivity index (χ0) is 10.1. The van der Waals surface area contributed by atoms with Gasteiger partial charge >= 0.3 is 0 Å². The third kappa shape index (κ3) is 1.30. The summed E-state index contributed by atoms with van der Waals surface area (Å²) in [5, 5.41) is 1.03. The molecule has 72 valence electrons. The summed E-state index contributed by atoms with van der Waals surface area (Å²) in [4.78, 5) is 11.4. The van der Waals surface area contributed by atoms with Crippen LogP contribution in [0.5, 0.6) is 5.75 Å². The van der Waals surface area contributed by atoms with E-state index < -0.39 is 0 Å². The fourth-order valence-corrected chi connectivity index (χ4v) is 2.45. The third-order valence-electron chi connectivity index (χ3n) is 2.20. The van der Waals surface area contributed by atoms with Gasteiger partial charge in [0.2, 0.25) is 0 Å². The monoisotopic (exact) mass is 206 g/mol. The highest BCUT2D eigenvalue weighted by Gasteiger charge is 2.08. The van der Waals surface area contributed by atoms with Gasteiger partial charge in [0, 0.05) is 10.1 Å². The minimum absolute atomic E-state index is 0.743. The van der Waals surface area contributed by atoms with Crippen molar-refractivity contribution in [2.75, 3.05) is 7.11 Å². The second-order valence-corrected chi connectivity index (χ2v) is 4.18. The van der Waals surface area contributed by atoms with Gasteiger partial charge in [0.1, 0.15) is 5.75 Å². The molecule has 1 aromatic carbocycles. The molecule has 0 atom stereocenters.